The van der Waals surface area contributed by atoms with Gasteiger partial charge in [-0.1, -0.05) is 0 Å². The number of likely N-dealkylation sites (tertiary alicyclic amines) is 1. The number of furan rings is 1. The highest BCUT2D eigenvalue weighted by atomic mass is 79.9. The third-order valence-corrected chi connectivity index (χ3v) is 3.57. The van der Waals surface area contributed by atoms with Crippen molar-refractivity contribution in [1.82, 2.24) is 4.90 Å². The fourth-order valence-corrected chi connectivity index (χ4v) is 2.71. The lowest BCUT2D eigenvalue weighted by Gasteiger charge is -2.31. The van der Waals surface area contributed by atoms with Crippen molar-refractivity contribution in [3.63, 3.8) is 0 Å². The first kappa shape index (κ1) is 12.1. The van der Waals surface area contributed by atoms with Crippen molar-refractivity contribution < 1.29 is 9.52 Å². The minimum absolute atomic E-state index is 0.310. The quantitative estimate of drug-likeness (QED) is 0.925. The summed E-state index contributed by atoms with van der Waals surface area (Å²) in [7, 11) is 0. The third kappa shape index (κ3) is 3.34. The number of nitrogens with zero attached hydrogens (tertiary/aromatic N) is 1. The van der Waals surface area contributed by atoms with Gasteiger partial charge in [-0.3, -0.25) is 4.90 Å². The Balaban J connectivity index is 1.85. The second kappa shape index (κ2) is 5.84. The molecule has 1 aromatic rings. The van der Waals surface area contributed by atoms with Crippen molar-refractivity contribution in [2.45, 2.75) is 25.8 Å². The SMILES string of the molecule is OCCC1CCCN(Cc2ccc(Br)o2)C1. The molecule has 1 aromatic heterocycles. The summed E-state index contributed by atoms with van der Waals surface area (Å²) >= 11 is 3.32. The van der Waals surface area contributed by atoms with Gasteiger partial charge in [0, 0.05) is 13.2 Å². The van der Waals surface area contributed by atoms with E-state index in [9.17, 15) is 0 Å². The van der Waals surface area contributed by atoms with Gasteiger partial charge in [0.2, 0.25) is 0 Å². The monoisotopic (exact) mass is 287 g/mol. The van der Waals surface area contributed by atoms with Gasteiger partial charge in [0.25, 0.3) is 0 Å². The van der Waals surface area contributed by atoms with Crippen LogP contribution in [0.3, 0.4) is 0 Å². The van der Waals surface area contributed by atoms with Crippen molar-refractivity contribution in [1.29, 1.82) is 0 Å². The number of aliphatic hydroxyl groups excluding tert-OH is 1. The number of rotatable bonds is 4. The number of halogens is 1. The Kier molecular flexibility index (Phi) is 4.44. The van der Waals surface area contributed by atoms with Crippen LogP contribution in [-0.2, 0) is 6.54 Å². The van der Waals surface area contributed by atoms with E-state index >= 15 is 0 Å². The Labute approximate surface area is 105 Å². The van der Waals surface area contributed by atoms with E-state index in [-0.39, 0.29) is 0 Å². The lowest BCUT2D eigenvalue weighted by Crippen LogP contribution is -2.35. The Morgan fingerprint density at radius 2 is 2.38 bits per heavy atom. The summed E-state index contributed by atoms with van der Waals surface area (Å²) in [6.07, 6.45) is 3.41. The normalized spacial score (nSPS) is 22.5. The molecule has 16 heavy (non-hydrogen) atoms. The first-order chi connectivity index (χ1) is 7.78. The van der Waals surface area contributed by atoms with Gasteiger partial charge in [-0.2, -0.15) is 0 Å². The molecule has 0 saturated carbocycles. The molecule has 0 aromatic carbocycles. The summed E-state index contributed by atoms with van der Waals surface area (Å²) < 4.78 is 6.30. The Hall–Kier alpha value is -0.320. The molecule has 1 N–H and O–H groups in total. The minimum atomic E-state index is 0.310. The van der Waals surface area contributed by atoms with Gasteiger partial charge in [-0.25, -0.2) is 0 Å². The van der Waals surface area contributed by atoms with Crippen LogP contribution in [0.25, 0.3) is 0 Å². The van der Waals surface area contributed by atoms with Gasteiger partial charge >= 0.3 is 0 Å². The highest BCUT2D eigenvalue weighted by Gasteiger charge is 2.20. The summed E-state index contributed by atoms with van der Waals surface area (Å²) in [5.74, 6) is 1.66. The van der Waals surface area contributed by atoms with E-state index in [1.807, 2.05) is 12.1 Å². The molecule has 1 aliphatic rings. The Bertz CT molecular complexity index is 325. The molecular formula is C12H18BrNO2. The van der Waals surface area contributed by atoms with E-state index in [4.69, 9.17) is 9.52 Å². The molecule has 3 nitrogen and oxygen atoms in total. The first-order valence-corrected chi connectivity index (χ1v) is 6.64. The Morgan fingerprint density at radius 1 is 1.50 bits per heavy atom. The van der Waals surface area contributed by atoms with Gasteiger partial charge < -0.3 is 9.52 Å². The topological polar surface area (TPSA) is 36.6 Å². The maximum Gasteiger partial charge on any atom is 0.169 e. The van der Waals surface area contributed by atoms with E-state index < -0.39 is 0 Å². The minimum Gasteiger partial charge on any atom is -0.453 e. The predicted octanol–water partition coefficient (Wildman–Crippen LogP) is 2.64. The molecule has 1 aliphatic heterocycles. The first-order valence-electron chi connectivity index (χ1n) is 5.85. The molecule has 2 rings (SSSR count). The second-order valence-electron chi connectivity index (χ2n) is 4.46. The van der Waals surface area contributed by atoms with E-state index in [0.29, 0.717) is 12.5 Å². The van der Waals surface area contributed by atoms with Crippen LogP contribution < -0.4 is 0 Å². The van der Waals surface area contributed by atoms with E-state index in [1.54, 1.807) is 0 Å². The summed E-state index contributed by atoms with van der Waals surface area (Å²) in [5.41, 5.74) is 0. The second-order valence-corrected chi connectivity index (χ2v) is 5.24. The standard InChI is InChI=1S/C12H18BrNO2/c13-12-4-3-11(16-12)9-14-6-1-2-10(8-14)5-7-15/h3-4,10,15H,1-2,5-9H2. The van der Waals surface area contributed by atoms with Crippen LogP contribution in [0.1, 0.15) is 25.0 Å². The van der Waals surface area contributed by atoms with Gasteiger partial charge in [-0.05, 0) is 59.8 Å². The maximum absolute atomic E-state index is 8.95. The summed E-state index contributed by atoms with van der Waals surface area (Å²) in [6.45, 7) is 3.41. The molecule has 0 radical (unpaired) electrons. The number of hydrogen-bond acceptors (Lipinski definition) is 3. The van der Waals surface area contributed by atoms with Crippen LogP contribution in [-0.4, -0.2) is 29.7 Å². The van der Waals surface area contributed by atoms with E-state index in [0.717, 1.165) is 36.5 Å². The fraction of sp³-hybridized carbons (Fsp3) is 0.667. The lowest BCUT2D eigenvalue weighted by atomic mass is 9.95. The van der Waals surface area contributed by atoms with E-state index in [1.165, 1.54) is 12.8 Å². The Morgan fingerprint density at radius 3 is 3.06 bits per heavy atom. The summed E-state index contributed by atoms with van der Waals surface area (Å²) in [6, 6.07) is 3.95. The summed E-state index contributed by atoms with van der Waals surface area (Å²) in [4.78, 5) is 2.41. The molecular weight excluding hydrogens is 270 g/mol. The van der Waals surface area contributed by atoms with Crippen LogP contribution in [0.5, 0.6) is 0 Å². The van der Waals surface area contributed by atoms with Gasteiger partial charge in [0.15, 0.2) is 4.67 Å². The molecule has 0 amide bonds. The highest BCUT2D eigenvalue weighted by molar-refractivity contribution is 9.10. The van der Waals surface area contributed by atoms with Crippen molar-refractivity contribution in [3.8, 4) is 0 Å². The molecule has 1 saturated heterocycles. The van der Waals surface area contributed by atoms with E-state index in [2.05, 4.69) is 20.8 Å². The molecule has 2 heterocycles. The molecule has 1 unspecified atom stereocenters. The third-order valence-electron chi connectivity index (χ3n) is 3.15. The zero-order chi connectivity index (χ0) is 11.4. The molecule has 1 fully saturated rings. The van der Waals surface area contributed by atoms with Gasteiger partial charge in [-0.15, -0.1) is 0 Å². The zero-order valence-corrected chi connectivity index (χ0v) is 10.9. The van der Waals surface area contributed by atoms with Crippen molar-refractivity contribution in [2.24, 2.45) is 5.92 Å². The van der Waals surface area contributed by atoms with Crippen molar-refractivity contribution >= 4 is 15.9 Å². The number of piperidine rings is 1. The average molecular weight is 288 g/mol. The molecule has 4 heteroatoms. The van der Waals surface area contributed by atoms with Crippen molar-refractivity contribution in [2.75, 3.05) is 19.7 Å². The lowest BCUT2D eigenvalue weighted by molar-refractivity contribution is 0.135. The molecule has 0 aliphatic carbocycles. The van der Waals surface area contributed by atoms with Crippen LogP contribution in [0.4, 0.5) is 0 Å². The smallest absolute Gasteiger partial charge is 0.169 e. The fourth-order valence-electron chi connectivity index (χ4n) is 2.37. The highest BCUT2D eigenvalue weighted by Crippen LogP contribution is 2.22. The number of hydrogen-bond donors (Lipinski definition) is 1. The van der Waals surface area contributed by atoms with Crippen LogP contribution in [0.2, 0.25) is 0 Å². The predicted molar refractivity (Wildman–Crippen MR) is 66.1 cm³/mol. The molecule has 1 atom stereocenters. The maximum atomic E-state index is 8.95. The average Bonchev–Trinajstić information content (AvgIpc) is 2.65. The zero-order valence-electron chi connectivity index (χ0n) is 9.36. The van der Waals surface area contributed by atoms with Crippen molar-refractivity contribution in [3.05, 3.63) is 22.6 Å². The molecule has 0 bridgehead atoms. The van der Waals surface area contributed by atoms with Gasteiger partial charge in [0.1, 0.15) is 5.76 Å². The summed E-state index contributed by atoms with van der Waals surface area (Å²) in [5, 5.41) is 8.95. The molecule has 0 spiro atoms. The van der Waals surface area contributed by atoms with Crippen LogP contribution in [0, 0.1) is 5.92 Å². The number of aliphatic hydroxyl groups is 1. The van der Waals surface area contributed by atoms with Crippen LogP contribution in [0.15, 0.2) is 21.2 Å². The molecule has 90 valence electrons. The van der Waals surface area contributed by atoms with Gasteiger partial charge in [0.05, 0.1) is 6.54 Å². The largest absolute Gasteiger partial charge is 0.453 e. The van der Waals surface area contributed by atoms with Crippen LogP contribution >= 0.6 is 15.9 Å².